The van der Waals surface area contributed by atoms with Crippen molar-refractivity contribution in [1.82, 2.24) is 10.2 Å². The van der Waals surface area contributed by atoms with Gasteiger partial charge in [0.1, 0.15) is 0 Å². The summed E-state index contributed by atoms with van der Waals surface area (Å²) >= 11 is 0. The van der Waals surface area contributed by atoms with E-state index >= 15 is 0 Å². The fourth-order valence-corrected chi connectivity index (χ4v) is 2.23. The van der Waals surface area contributed by atoms with Gasteiger partial charge in [0, 0.05) is 18.6 Å². The first kappa shape index (κ1) is 18.9. The van der Waals surface area contributed by atoms with Crippen LogP contribution in [0.3, 0.4) is 0 Å². The van der Waals surface area contributed by atoms with Crippen molar-refractivity contribution in [3.05, 3.63) is 0 Å². The number of rotatable bonds is 11. The first-order valence-electron chi connectivity index (χ1n) is 8.34. The van der Waals surface area contributed by atoms with E-state index in [1.165, 1.54) is 32.4 Å². The molecule has 0 saturated carbocycles. The van der Waals surface area contributed by atoms with Crippen molar-refractivity contribution in [2.75, 3.05) is 19.6 Å². The molecule has 0 aliphatic heterocycles. The summed E-state index contributed by atoms with van der Waals surface area (Å²) in [5, 5.41) is 3.61. The van der Waals surface area contributed by atoms with Crippen LogP contribution < -0.4 is 5.32 Å². The molecule has 0 bridgehead atoms. The van der Waals surface area contributed by atoms with Crippen LogP contribution in [0, 0.1) is 11.8 Å². The van der Waals surface area contributed by atoms with Gasteiger partial charge < -0.3 is 5.32 Å². The second kappa shape index (κ2) is 10.7. The lowest BCUT2D eigenvalue weighted by Gasteiger charge is -2.33. The van der Waals surface area contributed by atoms with Gasteiger partial charge in [0.2, 0.25) is 0 Å². The van der Waals surface area contributed by atoms with Crippen molar-refractivity contribution in [3.63, 3.8) is 0 Å². The van der Waals surface area contributed by atoms with Crippen LogP contribution in [0.1, 0.15) is 67.7 Å². The molecule has 0 aliphatic carbocycles. The molecule has 2 nitrogen and oxygen atoms in total. The maximum atomic E-state index is 3.61. The standard InChI is InChI=1S/C17H38N2/c1-8-17(13-18-16(6)7)19(11-9-14(2)3)12-10-15(4)5/h14-18H,8-13H2,1-7H3. The highest BCUT2D eigenvalue weighted by atomic mass is 15.2. The fraction of sp³-hybridized carbons (Fsp3) is 1.00. The number of hydrogen-bond donors (Lipinski definition) is 1. The molecular formula is C17H38N2. The van der Waals surface area contributed by atoms with Crippen LogP contribution >= 0.6 is 0 Å². The molecule has 2 heteroatoms. The maximum Gasteiger partial charge on any atom is 0.0218 e. The lowest BCUT2D eigenvalue weighted by atomic mass is 10.1. The van der Waals surface area contributed by atoms with Gasteiger partial charge >= 0.3 is 0 Å². The van der Waals surface area contributed by atoms with Gasteiger partial charge in [0.25, 0.3) is 0 Å². The minimum absolute atomic E-state index is 0.589. The molecule has 0 radical (unpaired) electrons. The molecule has 1 atom stereocenters. The highest BCUT2D eigenvalue weighted by molar-refractivity contribution is 4.75. The Morgan fingerprint density at radius 2 is 1.32 bits per heavy atom. The summed E-state index contributed by atoms with van der Waals surface area (Å²) in [6, 6.07) is 1.28. The minimum Gasteiger partial charge on any atom is -0.313 e. The van der Waals surface area contributed by atoms with Gasteiger partial charge in [-0.1, -0.05) is 48.5 Å². The summed E-state index contributed by atoms with van der Waals surface area (Å²) < 4.78 is 0. The van der Waals surface area contributed by atoms with Gasteiger partial charge in [-0.15, -0.1) is 0 Å². The monoisotopic (exact) mass is 270 g/mol. The van der Waals surface area contributed by atoms with E-state index in [0.717, 1.165) is 18.4 Å². The van der Waals surface area contributed by atoms with Gasteiger partial charge in [0.15, 0.2) is 0 Å². The zero-order valence-electron chi connectivity index (χ0n) is 14.5. The fourth-order valence-electron chi connectivity index (χ4n) is 2.23. The third-order valence-corrected chi connectivity index (χ3v) is 3.74. The van der Waals surface area contributed by atoms with Gasteiger partial charge in [-0.3, -0.25) is 4.90 Å². The van der Waals surface area contributed by atoms with Crippen LogP contribution in [0.15, 0.2) is 0 Å². The Balaban J connectivity index is 4.37. The summed E-state index contributed by atoms with van der Waals surface area (Å²) in [6.45, 7) is 19.7. The zero-order valence-corrected chi connectivity index (χ0v) is 14.5. The van der Waals surface area contributed by atoms with E-state index < -0.39 is 0 Å². The summed E-state index contributed by atoms with van der Waals surface area (Å²) in [7, 11) is 0. The molecule has 0 spiro atoms. The quantitative estimate of drug-likeness (QED) is 0.606. The zero-order chi connectivity index (χ0) is 14.8. The van der Waals surface area contributed by atoms with E-state index in [1.807, 2.05) is 0 Å². The van der Waals surface area contributed by atoms with E-state index in [0.29, 0.717) is 12.1 Å². The summed E-state index contributed by atoms with van der Waals surface area (Å²) in [5.41, 5.74) is 0. The van der Waals surface area contributed by atoms with E-state index in [-0.39, 0.29) is 0 Å². The van der Waals surface area contributed by atoms with Crippen molar-refractivity contribution in [3.8, 4) is 0 Å². The normalized spacial score (nSPS) is 14.1. The number of nitrogens with zero attached hydrogens (tertiary/aromatic N) is 1. The largest absolute Gasteiger partial charge is 0.313 e. The second-order valence-electron chi connectivity index (χ2n) is 7.03. The Hall–Kier alpha value is -0.0800. The van der Waals surface area contributed by atoms with Crippen LogP contribution in [-0.4, -0.2) is 36.6 Å². The molecule has 116 valence electrons. The molecule has 0 saturated heterocycles. The van der Waals surface area contributed by atoms with E-state index in [2.05, 4.69) is 58.7 Å². The van der Waals surface area contributed by atoms with Gasteiger partial charge in [-0.05, 0) is 44.2 Å². The van der Waals surface area contributed by atoms with Gasteiger partial charge in [-0.25, -0.2) is 0 Å². The Bertz CT molecular complexity index is 187. The summed E-state index contributed by atoms with van der Waals surface area (Å²) in [5.74, 6) is 1.61. The molecule has 0 amide bonds. The van der Waals surface area contributed by atoms with Crippen molar-refractivity contribution in [2.45, 2.75) is 79.8 Å². The minimum atomic E-state index is 0.589. The lowest BCUT2D eigenvalue weighted by molar-refractivity contribution is 0.166. The molecule has 19 heavy (non-hydrogen) atoms. The lowest BCUT2D eigenvalue weighted by Crippen LogP contribution is -2.45. The predicted octanol–water partition coefficient (Wildman–Crippen LogP) is 4.16. The Kier molecular flexibility index (Phi) is 10.6. The molecule has 0 rings (SSSR count). The highest BCUT2D eigenvalue weighted by Crippen LogP contribution is 2.12. The second-order valence-corrected chi connectivity index (χ2v) is 7.03. The average Bonchev–Trinajstić information content (AvgIpc) is 2.31. The molecule has 0 heterocycles. The van der Waals surface area contributed by atoms with Crippen molar-refractivity contribution in [1.29, 1.82) is 0 Å². The molecule has 0 aromatic rings. The van der Waals surface area contributed by atoms with Gasteiger partial charge in [-0.2, -0.15) is 0 Å². The van der Waals surface area contributed by atoms with Crippen LogP contribution in [-0.2, 0) is 0 Å². The molecule has 1 N–H and O–H groups in total. The van der Waals surface area contributed by atoms with Crippen molar-refractivity contribution < 1.29 is 0 Å². The molecule has 0 aromatic carbocycles. The van der Waals surface area contributed by atoms with E-state index in [9.17, 15) is 0 Å². The Labute approximate surface area is 122 Å². The number of hydrogen-bond acceptors (Lipinski definition) is 2. The average molecular weight is 271 g/mol. The van der Waals surface area contributed by atoms with E-state index in [4.69, 9.17) is 0 Å². The smallest absolute Gasteiger partial charge is 0.0218 e. The Morgan fingerprint density at radius 1 is 0.842 bits per heavy atom. The predicted molar refractivity (Wildman–Crippen MR) is 87.7 cm³/mol. The van der Waals surface area contributed by atoms with Crippen LogP contribution in [0.5, 0.6) is 0 Å². The van der Waals surface area contributed by atoms with Crippen LogP contribution in [0.25, 0.3) is 0 Å². The van der Waals surface area contributed by atoms with Crippen LogP contribution in [0.2, 0.25) is 0 Å². The van der Waals surface area contributed by atoms with Gasteiger partial charge in [0.05, 0.1) is 0 Å². The summed E-state index contributed by atoms with van der Waals surface area (Å²) in [4.78, 5) is 2.72. The maximum absolute atomic E-state index is 3.61. The van der Waals surface area contributed by atoms with Crippen molar-refractivity contribution in [2.24, 2.45) is 11.8 Å². The molecule has 0 aromatic heterocycles. The number of nitrogens with one attached hydrogen (secondary N) is 1. The molecule has 0 fully saturated rings. The highest BCUT2D eigenvalue weighted by Gasteiger charge is 2.17. The Morgan fingerprint density at radius 3 is 1.63 bits per heavy atom. The molecule has 1 unspecified atom stereocenters. The first-order chi connectivity index (χ1) is 8.86. The third kappa shape index (κ3) is 10.4. The molecular weight excluding hydrogens is 232 g/mol. The van der Waals surface area contributed by atoms with Crippen molar-refractivity contribution >= 4 is 0 Å². The van der Waals surface area contributed by atoms with E-state index in [1.54, 1.807) is 0 Å². The SMILES string of the molecule is CCC(CNC(C)C)N(CCC(C)C)CCC(C)C. The molecule has 0 aliphatic rings. The topological polar surface area (TPSA) is 15.3 Å². The van der Waals surface area contributed by atoms with Crippen LogP contribution in [0.4, 0.5) is 0 Å². The third-order valence-electron chi connectivity index (χ3n) is 3.74. The first-order valence-corrected chi connectivity index (χ1v) is 8.34. The summed E-state index contributed by atoms with van der Waals surface area (Å²) in [6.07, 6.45) is 3.88.